The summed E-state index contributed by atoms with van der Waals surface area (Å²) in [5, 5.41) is 0. The second kappa shape index (κ2) is 3.92. The number of nitrogens with zero attached hydrogens (tertiary/aromatic N) is 3. The van der Waals surface area contributed by atoms with Crippen LogP contribution in [0.5, 0.6) is 0 Å². The predicted molar refractivity (Wildman–Crippen MR) is 56.2 cm³/mol. The Balaban J connectivity index is 2.10. The number of hydrogen-bond donors (Lipinski definition) is 1. The first kappa shape index (κ1) is 9.40. The molecule has 2 rings (SSSR count). The lowest BCUT2D eigenvalue weighted by molar-refractivity contribution is 0.502. The normalized spacial score (nSPS) is 22.4. The van der Waals surface area contributed by atoms with Gasteiger partial charge in [0.05, 0.1) is 18.1 Å². The molecular weight excluding hydrogens is 176 g/mol. The van der Waals surface area contributed by atoms with Crippen molar-refractivity contribution in [1.82, 2.24) is 9.97 Å². The maximum absolute atomic E-state index is 5.90. The van der Waals surface area contributed by atoms with Gasteiger partial charge < -0.3 is 10.6 Å². The van der Waals surface area contributed by atoms with Crippen LogP contribution in [-0.2, 0) is 0 Å². The smallest absolute Gasteiger partial charge is 0.147 e. The number of piperidine rings is 1. The predicted octanol–water partition coefficient (Wildman–Crippen LogP) is 0.713. The highest BCUT2D eigenvalue weighted by atomic mass is 15.2. The van der Waals surface area contributed by atoms with Gasteiger partial charge in [0.15, 0.2) is 0 Å². The van der Waals surface area contributed by atoms with Crippen LogP contribution in [0.15, 0.2) is 12.4 Å². The van der Waals surface area contributed by atoms with E-state index < -0.39 is 0 Å². The fourth-order valence-electron chi connectivity index (χ4n) is 1.77. The molecule has 14 heavy (non-hydrogen) atoms. The Morgan fingerprint density at radius 1 is 1.43 bits per heavy atom. The summed E-state index contributed by atoms with van der Waals surface area (Å²) >= 11 is 0. The lowest BCUT2D eigenvalue weighted by Crippen LogP contribution is -2.43. The van der Waals surface area contributed by atoms with Crippen molar-refractivity contribution in [2.24, 2.45) is 5.73 Å². The van der Waals surface area contributed by atoms with E-state index in [1.807, 2.05) is 13.1 Å². The maximum atomic E-state index is 5.90. The molecule has 2 heterocycles. The van der Waals surface area contributed by atoms with E-state index in [4.69, 9.17) is 5.73 Å². The number of anilines is 1. The summed E-state index contributed by atoms with van der Waals surface area (Å²) in [6.45, 7) is 3.89. The summed E-state index contributed by atoms with van der Waals surface area (Å²) in [6, 6.07) is 0.284. The fraction of sp³-hybridized carbons (Fsp3) is 0.600. The van der Waals surface area contributed by atoms with Crippen LogP contribution in [0.3, 0.4) is 0 Å². The molecule has 0 aromatic carbocycles. The van der Waals surface area contributed by atoms with E-state index in [9.17, 15) is 0 Å². The number of nitrogens with two attached hydrogens (primary N) is 1. The average molecular weight is 192 g/mol. The van der Waals surface area contributed by atoms with Crippen LogP contribution in [0.4, 0.5) is 5.82 Å². The lowest BCUT2D eigenvalue weighted by atomic mass is 10.1. The summed E-state index contributed by atoms with van der Waals surface area (Å²) in [7, 11) is 0. The van der Waals surface area contributed by atoms with Crippen LogP contribution >= 0.6 is 0 Å². The van der Waals surface area contributed by atoms with Gasteiger partial charge in [0, 0.05) is 19.1 Å². The Morgan fingerprint density at radius 3 is 2.93 bits per heavy atom. The summed E-state index contributed by atoms with van der Waals surface area (Å²) in [4.78, 5) is 10.8. The van der Waals surface area contributed by atoms with Gasteiger partial charge in [-0.25, -0.2) is 4.98 Å². The second-order valence-corrected chi connectivity index (χ2v) is 3.86. The zero-order valence-electron chi connectivity index (χ0n) is 8.48. The van der Waals surface area contributed by atoms with Crippen LogP contribution in [0, 0.1) is 6.92 Å². The van der Waals surface area contributed by atoms with E-state index in [2.05, 4.69) is 14.9 Å². The van der Waals surface area contributed by atoms with Crippen LogP contribution in [0.1, 0.15) is 18.5 Å². The highest BCUT2D eigenvalue weighted by molar-refractivity contribution is 5.36. The first-order valence-corrected chi connectivity index (χ1v) is 5.05. The van der Waals surface area contributed by atoms with Gasteiger partial charge in [-0.15, -0.1) is 0 Å². The molecule has 1 aromatic heterocycles. The molecule has 1 atom stereocenters. The molecule has 4 heteroatoms. The third-order valence-electron chi connectivity index (χ3n) is 2.55. The van der Waals surface area contributed by atoms with E-state index in [-0.39, 0.29) is 6.04 Å². The summed E-state index contributed by atoms with van der Waals surface area (Å²) < 4.78 is 0. The Labute approximate surface area is 84.2 Å². The van der Waals surface area contributed by atoms with E-state index in [0.29, 0.717) is 0 Å². The molecule has 1 unspecified atom stereocenters. The molecule has 0 spiro atoms. The van der Waals surface area contributed by atoms with Crippen molar-refractivity contribution in [2.75, 3.05) is 18.0 Å². The minimum Gasteiger partial charge on any atom is -0.354 e. The van der Waals surface area contributed by atoms with Crippen molar-refractivity contribution >= 4 is 5.82 Å². The van der Waals surface area contributed by atoms with Crippen LogP contribution in [0.2, 0.25) is 0 Å². The minimum absolute atomic E-state index is 0.284. The molecule has 0 bridgehead atoms. The van der Waals surface area contributed by atoms with Crippen molar-refractivity contribution in [3.8, 4) is 0 Å². The molecule has 0 radical (unpaired) electrons. The lowest BCUT2D eigenvalue weighted by Gasteiger charge is -2.31. The van der Waals surface area contributed by atoms with Crippen molar-refractivity contribution in [3.63, 3.8) is 0 Å². The molecule has 4 nitrogen and oxygen atoms in total. The van der Waals surface area contributed by atoms with E-state index in [1.54, 1.807) is 6.20 Å². The zero-order valence-corrected chi connectivity index (χ0v) is 8.48. The van der Waals surface area contributed by atoms with E-state index >= 15 is 0 Å². The van der Waals surface area contributed by atoms with Crippen LogP contribution < -0.4 is 10.6 Å². The molecule has 0 aliphatic carbocycles. The monoisotopic (exact) mass is 192 g/mol. The van der Waals surface area contributed by atoms with Crippen molar-refractivity contribution in [3.05, 3.63) is 18.1 Å². The molecule has 1 saturated heterocycles. The molecule has 1 aliphatic heterocycles. The van der Waals surface area contributed by atoms with Crippen LogP contribution in [0.25, 0.3) is 0 Å². The topological polar surface area (TPSA) is 55.0 Å². The van der Waals surface area contributed by atoms with Crippen LogP contribution in [-0.4, -0.2) is 29.1 Å². The summed E-state index contributed by atoms with van der Waals surface area (Å²) in [6.07, 6.45) is 5.90. The Morgan fingerprint density at radius 2 is 2.29 bits per heavy atom. The maximum Gasteiger partial charge on any atom is 0.147 e. The third kappa shape index (κ3) is 2.01. The van der Waals surface area contributed by atoms with Crippen molar-refractivity contribution in [1.29, 1.82) is 0 Å². The first-order valence-electron chi connectivity index (χ1n) is 5.05. The molecule has 1 fully saturated rings. The Kier molecular flexibility index (Phi) is 2.63. The molecule has 0 amide bonds. The van der Waals surface area contributed by atoms with Crippen molar-refractivity contribution < 1.29 is 0 Å². The highest BCUT2D eigenvalue weighted by Crippen LogP contribution is 2.15. The number of rotatable bonds is 1. The highest BCUT2D eigenvalue weighted by Gasteiger charge is 2.17. The standard InChI is InChI=1S/C10H16N4/c1-8-5-13-10(6-12-8)14-4-2-3-9(11)7-14/h5-6,9H,2-4,7,11H2,1H3. The average Bonchev–Trinajstić information content (AvgIpc) is 2.19. The Hall–Kier alpha value is -1.16. The number of aromatic nitrogens is 2. The summed E-state index contributed by atoms with van der Waals surface area (Å²) in [5.74, 6) is 0.950. The summed E-state index contributed by atoms with van der Waals surface area (Å²) in [5.41, 5.74) is 6.86. The number of hydrogen-bond acceptors (Lipinski definition) is 4. The minimum atomic E-state index is 0.284. The van der Waals surface area contributed by atoms with Gasteiger partial charge in [0.1, 0.15) is 5.82 Å². The van der Waals surface area contributed by atoms with Gasteiger partial charge in [-0.2, -0.15) is 0 Å². The van der Waals surface area contributed by atoms with Gasteiger partial charge in [0.25, 0.3) is 0 Å². The molecule has 76 valence electrons. The second-order valence-electron chi connectivity index (χ2n) is 3.86. The largest absolute Gasteiger partial charge is 0.354 e. The first-order chi connectivity index (χ1) is 6.75. The molecule has 2 N–H and O–H groups in total. The van der Waals surface area contributed by atoms with Crippen molar-refractivity contribution in [2.45, 2.75) is 25.8 Å². The molecule has 1 aromatic rings. The van der Waals surface area contributed by atoms with E-state index in [0.717, 1.165) is 37.4 Å². The fourth-order valence-corrected chi connectivity index (χ4v) is 1.77. The zero-order chi connectivity index (χ0) is 9.97. The molecule has 0 saturated carbocycles. The number of aryl methyl sites for hydroxylation is 1. The van der Waals surface area contributed by atoms with E-state index in [1.165, 1.54) is 0 Å². The SMILES string of the molecule is Cc1cnc(N2CCCC(N)C2)cn1. The third-order valence-corrected chi connectivity index (χ3v) is 2.55. The van der Waals surface area contributed by atoms with Gasteiger partial charge >= 0.3 is 0 Å². The molecule has 1 aliphatic rings. The van der Waals surface area contributed by atoms with Gasteiger partial charge in [-0.05, 0) is 19.8 Å². The Bertz CT molecular complexity index is 295. The van der Waals surface area contributed by atoms with Gasteiger partial charge in [-0.1, -0.05) is 0 Å². The van der Waals surface area contributed by atoms with Gasteiger partial charge in [0.2, 0.25) is 0 Å². The molecular formula is C10H16N4. The van der Waals surface area contributed by atoms with Gasteiger partial charge in [-0.3, -0.25) is 4.98 Å². The quantitative estimate of drug-likeness (QED) is 0.712.